The van der Waals surface area contributed by atoms with Crippen molar-refractivity contribution in [2.45, 2.75) is 24.9 Å². The van der Waals surface area contributed by atoms with Gasteiger partial charge in [0.2, 0.25) is 11.1 Å². The quantitative estimate of drug-likeness (QED) is 0.711. The average Bonchev–Trinajstić information content (AvgIpc) is 3.11. The van der Waals surface area contributed by atoms with Gasteiger partial charge in [-0.1, -0.05) is 66.4 Å². The SMILES string of the molecule is Cc1ccccc1-c1nnc2n1N(C(=O)CCc1ccccc1)CCS2. The number of fused-ring (bicyclic) bond motifs is 1. The first-order chi connectivity index (χ1) is 12.7. The Balaban J connectivity index is 1.61. The highest BCUT2D eigenvalue weighted by molar-refractivity contribution is 7.99. The van der Waals surface area contributed by atoms with Crippen LogP contribution in [0.25, 0.3) is 11.4 Å². The van der Waals surface area contributed by atoms with E-state index in [9.17, 15) is 4.79 Å². The lowest BCUT2D eigenvalue weighted by molar-refractivity contribution is -0.120. The number of aryl methyl sites for hydroxylation is 2. The maximum absolute atomic E-state index is 12.9. The standard InChI is InChI=1S/C20H20N4OS/c1-15-7-5-6-10-17(15)19-21-22-20-24(19)23(13-14-26-20)18(25)12-11-16-8-3-2-4-9-16/h2-10H,11-14H2,1H3. The largest absolute Gasteiger partial charge is 0.273 e. The Kier molecular flexibility index (Phi) is 4.75. The van der Waals surface area contributed by atoms with E-state index >= 15 is 0 Å². The third kappa shape index (κ3) is 3.24. The van der Waals surface area contributed by atoms with Gasteiger partial charge in [0, 0.05) is 17.7 Å². The van der Waals surface area contributed by atoms with Gasteiger partial charge in [-0.15, -0.1) is 10.2 Å². The number of benzene rings is 2. The molecule has 0 radical (unpaired) electrons. The Morgan fingerprint density at radius 2 is 1.85 bits per heavy atom. The molecule has 0 saturated heterocycles. The lowest BCUT2D eigenvalue weighted by Crippen LogP contribution is -2.45. The molecular weight excluding hydrogens is 344 g/mol. The van der Waals surface area contributed by atoms with Crippen LogP contribution < -0.4 is 5.01 Å². The molecule has 1 aromatic heterocycles. The van der Waals surface area contributed by atoms with Crippen molar-refractivity contribution in [2.24, 2.45) is 0 Å². The molecule has 1 aliphatic rings. The fourth-order valence-electron chi connectivity index (χ4n) is 3.15. The molecule has 0 atom stereocenters. The summed E-state index contributed by atoms with van der Waals surface area (Å²) in [6.45, 7) is 2.72. The molecule has 3 aromatic rings. The first kappa shape index (κ1) is 16.8. The van der Waals surface area contributed by atoms with Gasteiger partial charge < -0.3 is 0 Å². The van der Waals surface area contributed by atoms with Crippen LogP contribution in [-0.2, 0) is 11.2 Å². The van der Waals surface area contributed by atoms with Gasteiger partial charge in [-0.25, -0.2) is 9.69 Å². The molecule has 0 bridgehead atoms. The van der Waals surface area contributed by atoms with Gasteiger partial charge in [0.15, 0.2) is 5.82 Å². The number of amides is 1. The first-order valence-corrected chi connectivity index (χ1v) is 9.71. The average molecular weight is 364 g/mol. The van der Waals surface area contributed by atoms with Crippen LogP contribution in [0, 0.1) is 6.92 Å². The molecular formula is C20H20N4OS. The molecule has 5 nitrogen and oxygen atoms in total. The monoisotopic (exact) mass is 364 g/mol. The number of carbonyl (C=O) groups is 1. The van der Waals surface area contributed by atoms with Crippen molar-refractivity contribution in [1.82, 2.24) is 14.9 Å². The fourth-order valence-corrected chi connectivity index (χ4v) is 4.00. The third-order valence-corrected chi connectivity index (χ3v) is 5.43. The number of hydrogen-bond acceptors (Lipinski definition) is 4. The second-order valence-electron chi connectivity index (χ2n) is 6.28. The number of thioether (sulfide) groups is 1. The van der Waals surface area contributed by atoms with E-state index in [1.54, 1.807) is 16.8 Å². The van der Waals surface area contributed by atoms with Gasteiger partial charge in [-0.3, -0.25) is 4.79 Å². The van der Waals surface area contributed by atoms with Crippen LogP contribution in [0.3, 0.4) is 0 Å². The minimum Gasteiger partial charge on any atom is -0.273 e. The molecule has 2 aromatic carbocycles. The number of aromatic nitrogens is 3. The van der Waals surface area contributed by atoms with Crippen LogP contribution in [-0.4, -0.2) is 33.1 Å². The number of rotatable bonds is 4. The molecule has 0 fully saturated rings. The highest BCUT2D eigenvalue weighted by atomic mass is 32.2. The van der Waals surface area contributed by atoms with E-state index in [4.69, 9.17) is 0 Å². The van der Waals surface area contributed by atoms with E-state index < -0.39 is 0 Å². The van der Waals surface area contributed by atoms with E-state index in [-0.39, 0.29) is 5.91 Å². The van der Waals surface area contributed by atoms with E-state index in [1.165, 1.54) is 5.56 Å². The van der Waals surface area contributed by atoms with Crippen LogP contribution in [0.4, 0.5) is 0 Å². The smallest absolute Gasteiger partial charge is 0.241 e. The first-order valence-electron chi connectivity index (χ1n) is 8.73. The maximum Gasteiger partial charge on any atom is 0.241 e. The van der Waals surface area contributed by atoms with Gasteiger partial charge in [-0.05, 0) is 24.5 Å². The Bertz CT molecular complexity index is 923. The molecule has 0 spiro atoms. The summed E-state index contributed by atoms with van der Waals surface area (Å²) in [6, 6.07) is 18.2. The van der Waals surface area contributed by atoms with E-state index in [1.807, 2.05) is 41.1 Å². The van der Waals surface area contributed by atoms with Gasteiger partial charge in [-0.2, -0.15) is 0 Å². The lowest BCUT2D eigenvalue weighted by Gasteiger charge is -2.29. The minimum atomic E-state index is 0.102. The zero-order valence-corrected chi connectivity index (χ0v) is 15.4. The summed E-state index contributed by atoms with van der Waals surface area (Å²) in [7, 11) is 0. The number of nitrogens with zero attached hydrogens (tertiary/aromatic N) is 4. The van der Waals surface area contributed by atoms with Crippen LogP contribution in [0.2, 0.25) is 0 Å². The molecule has 6 heteroatoms. The Hall–Kier alpha value is -2.60. The van der Waals surface area contributed by atoms with E-state index in [0.29, 0.717) is 13.0 Å². The lowest BCUT2D eigenvalue weighted by atomic mass is 10.1. The van der Waals surface area contributed by atoms with E-state index in [2.05, 4.69) is 35.3 Å². The van der Waals surface area contributed by atoms with Crippen molar-refractivity contribution < 1.29 is 4.79 Å². The Morgan fingerprint density at radius 1 is 1.08 bits per heavy atom. The molecule has 0 unspecified atom stereocenters. The Labute approximate surface area is 157 Å². The number of carbonyl (C=O) groups excluding carboxylic acids is 1. The molecule has 1 aliphatic heterocycles. The summed E-state index contributed by atoms with van der Waals surface area (Å²) >= 11 is 1.64. The van der Waals surface area contributed by atoms with Gasteiger partial charge in [0.25, 0.3) is 0 Å². The van der Waals surface area contributed by atoms with Gasteiger partial charge >= 0.3 is 0 Å². The molecule has 0 N–H and O–H groups in total. The van der Waals surface area contributed by atoms with Crippen molar-refractivity contribution in [3.05, 3.63) is 65.7 Å². The van der Waals surface area contributed by atoms with Crippen molar-refractivity contribution in [3.63, 3.8) is 0 Å². The predicted molar refractivity (Wildman–Crippen MR) is 104 cm³/mol. The third-order valence-electron chi connectivity index (χ3n) is 4.53. The second-order valence-corrected chi connectivity index (χ2v) is 7.35. The van der Waals surface area contributed by atoms with Crippen molar-refractivity contribution >= 4 is 17.7 Å². The highest BCUT2D eigenvalue weighted by Gasteiger charge is 2.28. The van der Waals surface area contributed by atoms with Gasteiger partial charge in [0.1, 0.15) is 0 Å². The molecule has 4 rings (SSSR count). The van der Waals surface area contributed by atoms with Crippen LogP contribution in [0.15, 0.2) is 59.8 Å². The second kappa shape index (κ2) is 7.33. The molecule has 1 amide bonds. The van der Waals surface area contributed by atoms with Crippen molar-refractivity contribution in [3.8, 4) is 11.4 Å². The van der Waals surface area contributed by atoms with Gasteiger partial charge in [0.05, 0.1) is 6.54 Å². The molecule has 26 heavy (non-hydrogen) atoms. The van der Waals surface area contributed by atoms with Crippen LogP contribution in [0.5, 0.6) is 0 Å². The topological polar surface area (TPSA) is 51.0 Å². The van der Waals surface area contributed by atoms with Crippen molar-refractivity contribution in [1.29, 1.82) is 0 Å². The predicted octanol–water partition coefficient (Wildman–Crippen LogP) is 3.46. The van der Waals surface area contributed by atoms with Crippen LogP contribution >= 0.6 is 11.8 Å². The minimum absolute atomic E-state index is 0.102. The molecule has 2 heterocycles. The molecule has 0 aliphatic carbocycles. The normalized spacial score (nSPS) is 13.5. The number of hydrogen-bond donors (Lipinski definition) is 0. The molecule has 132 valence electrons. The maximum atomic E-state index is 12.9. The van der Waals surface area contributed by atoms with E-state index in [0.717, 1.165) is 34.3 Å². The fraction of sp³-hybridized carbons (Fsp3) is 0.250. The summed E-state index contributed by atoms with van der Waals surface area (Å²) in [5.74, 6) is 1.67. The zero-order valence-electron chi connectivity index (χ0n) is 14.6. The summed E-state index contributed by atoms with van der Waals surface area (Å²) < 4.78 is 1.89. The van der Waals surface area contributed by atoms with Crippen molar-refractivity contribution in [2.75, 3.05) is 17.3 Å². The highest BCUT2D eigenvalue weighted by Crippen LogP contribution is 2.29. The zero-order chi connectivity index (χ0) is 17.9. The summed E-state index contributed by atoms with van der Waals surface area (Å²) in [5, 5.41) is 11.3. The summed E-state index contributed by atoms with van der Waals surface area (Å²) in [4.78, 5) is 12.9. The summed E-state index contributed by atoms with van der Waals surface area (Å²) in [5.41, 5.74) is 3.31. The summed E-state index contributed by atoms with van der Waals surface area (Å²) in [6.07, 6.45) is 1.21. The molecule has 0 saturated carbocycles. The Morgan fingerprint density at radius 3 is 2.65 bits per heavy atom. The van der Waals surface area contributed by atoms with Crippen LogP contribution in [0.1, 0.15) is 17.5 Å².